The van der Waals surface area contributed by atoms with E-state index in [0.717, 1.165) is 0 Å². The average molecular weight is 536 g/mol. The smallest absolute Gasteiger partial charge is 0.326 e. The first-order valence-electron chi connectivity index (χ1n) is 10.8. The van der Waals surface area contributed by atoms with E-state index >= 15 is 0 Å². The molecule has 9 heteroatoms. The molecule has 0 saturated heterocycles. The van der Waals surface area contributed by atoms with Crippen molar-refractivity contribution in [3.63, 3.8) is 0 Å². The first kappa shape index (κ1) is 28.2. The highest BCUT2D eigenvalue weighted by atomic mass is 35.5. The molecule has 0 aliphatic carbocycles. The van der Waals surface area contributed by atoms with E-state index in [1.54, 1.807) is 67.6 Å². The Hall–Kier alpha value is -3.06. The fraction of sp³-hybridized carbons (Fsp3) is 0.192. The van der Waals surface area contributed by atoms with Crippen LogP contribution in [0, 0.1) is 6.92 Å². The molecular weight excluding hydrogens is 511 g/mol. The molecule has 3 aromatic rings. The highest BCUT2D eigenvalue weighted by molar-refractivity contribution is 6.40. The maximum absolute atomic E-state index is 12.6. The SMILES string of the molecule is CC.Cc1cccc(Cl)c1C(=O)NC(Cc1ccc(NC(=O)c2c(Cl)cccc2Cl)cc1)C(=O)O. The van der Waals surface area contributed by atoms with E-state index in [1.807, 2.05) is 13.8 Å². The number of aryl methyl sites for hydroxylation is 1. The van der Waals surface area contributed by atoms with E-state index in [0.29, 0.717) is 16.8 Å². The molecule has 0 saturated carbocycles. The Kier molecular flexibility index (Phi) is 10.6. The van der Waals surface area contributed by atoms with E-state index in [9.17, 15) is 19.5 Å². The number of amides is 2. The second-order valence-corrected chi connectivity index (χ2v) is 8.47. The third-order valence-electron chi connectivity index (χ3n) is 4.89. The van der Waals surface area contributed by atoms with Crippen LogP contribution in [0.1, 0.15) is 45.7 Å². The Balaban J connectivity index is 0.00000210. The molecule has 184 valence electrons. The number of hydrogen-bond acceptors (Lipinski definition) is 3. The lowest BCUT2D eigenvalue weighted by atomic mass is 10.0. The number of carboxylic acid groups (broad SMARTS) is 1. The Morgan fingerprint density at radius 1 is 0.800 bits per heavy atom. The van der Waals surface area contributed by atoms with E-state index in [2.05, 4.69) is 10.6 Å². The molecule has 35 heavy (non-hydrogen) atoms. The standard InChI is InChI=1S/C24H19Cl3N2O4.C2H6/c1-13-4-2-5-16(25)20(13)22(30)29-19(24(32)33)12-14-8-10-15(11-9-14)28-23(31)21-17(26)6-3-7-18(21)27;1-2/h2-11,19H,12H2,1H3,(H,28,31)(H,29,30)(H,32,33);1-2H3. The van der Waals surface area contributed by atoms with Crippen LogP contribution in [0.5, 0.6) is 0 Å². The van der Waals surface area contributed by atoms with Gasteiger partial charge in [0.2, 0.25) is 0 Å². The lowest BCUT2D eigenvalue weighted by molar-refractivity contribution is -0.139. The molecule has 0 aliphatic heterocycles. The highest BCUT2D eigenvalue weighted by Crippen LogP contribution is 2.25. The molecule has 3 aromatic carbocycles. The van der Waals surface area contributed by atoms with Crippen molar-refractivity contribution < 1.29 is 19.5 Å². The van der Waals surface area contributed by atoms with Gasteiger partial charge in [0.1, 0.15) is 6.04 Å². The number of carbonyl (C=O) groups excluding carboxylic acids is 2. The van der Waals surface area contributed by atoms with Crippen LogP contribution in [0.4, 0.5) is 5.69 Å². The Morgan fingerprint density at radius 2 is 1.31 bits per heavy atom. The number of hydrogen-bond donors (Lipinski definition) is 3. The number of carbonyl (C=O) groups is 3. The first-order chi connectivity index (χ1) is 16.7. The van der Waals surface area contributed by atoms with Gasteiger partial charge < -0.3 is 15.7 Å². The van der Waals surface area contributed by atoms with Crippen LogP contribution in [0.2, 0.25) is 15.1 Å². The molecule has 6 nitrogen and oxygen atoms in total. The van der Waals surface area contributed by atoms with Crippen molar-refractivity contribution in [2.45, 2.75) is 33.2 Å². The van der Waals surface area contributed by atoms with Crippen molar-refractivity contribution in [3.8, 4) is 0 Å². The molecule has 1 unspecified atom stereocenters. The van der Waals surface area contributed by atoms with Gasteiger partial charge in [0, 0.05) is 12.1 Å². The van der Waals surface area contributed by atoms with E-state index in [4.69, 9.17) is 34.8 Å². The summed E-state index contributed by atoms with van der Waals surface area (Å²) in [6.07, 6.45) is 0.0368. The van der Waals surface area contributed by atoms with Gasteiger partial charge in [-0.3, -0.25) is 9.59 Å². The minimum atomic E-state index is -1.18. The topological polar surface area (TPSA) is 95.5 Å². The number of halogens is 3. The first-order valence-corrected chi connectivity index (χ1v) is 11.9. The van der Waals surface area contributed by atoms with Gasteiger partial charge >= 0.3 is 5.97 Å². The van der Waals surface area contributed by atoms with Crippen molar-refractivity contribution in [3.05, 3.63) is 98.0 Å². The quantitative estimate of drug-likeness (QED) is 0.315. The number of benzene rings is 3. The fourth-order valence-electron chi connectivity index (χ4n) is 3.22. The normalized spacial score (nSPS) is 11.0. The van der Waals surface area contributed by atoms with Gasteiger partial charge in [-0.2, -0.15) is 0 Å². The van der Waals surface area contributed by atoms with Crippen molar-refractivity contribution in [1.82, 2.24) is 5.32 Å². The van der Waals surface area contributed by atoms with Gasteiger partial charge in [-0.1, -0.05) is 79.0 Å². The van der Waals surface area contributed by atoms with Crippen LogP contribution in [-0.2, 0) is 11.2 Å². The van der Waals surface area contributed by atoms with Crippen LogP contribution in [0.25, 0.3) is 0 Å². The summed E-state index contributed by atoms with van der Waals surface area (Å²) < 4.78 is 0. The second-order valence-electron chi connectivity index (χ2n) is 7.25. The molecule has 0 fully saturated rings. The second kappa shape index (κ2) is 13.1. The zero-order valence-electron chi connectivity index (χ0n) is 19.4. The Morgan fingerprint density at radius 3 is 1.83 bits per heavy atom. The molecule has 1 atom stereocenters. The largest absolute Gasteiger partial charge is 0.480 e. The lowest BCUT2D eigenvalue weighted by Crippen LogP contribution is -2.42. The zero-order chi connectivity index (χ0) is 26.1. The third kappa shape index (κ3) is 7.46. The van der Waals surface area contributed by atoms with Gasteiger partial charge in [0.05, 0.1) is 26.2 Å². The molecule has 0 heterocycles. The summed E-state index contributed by atoms with van der Waals surface area (Å²) in [7, 11) is 0. The predicted octanol–water partition coefficient (Wildman–Crippen LogP) is 6.66. The van der Waals surface area contributed by atoms with Crippen molar-refractivity contribution in [2.24, 2.45) is 0 Å². The maximum Gasteiger partial charge on any atom is 0.326 e. The van der Waals surface area contributed by atoms with Crippen LogP contribution in [-0.4, -0.2) is 28.9 Å². The van der Waals surface area contributed by atoms with Crippen molar-refractivity contribution in [1.29, 1.82) is 0 Å². The fourth-order valence-corrected chi connectivity index (χ4v) is 4.09. The summed E-state index contributed by atoms with van der Waals surface area (Å²) in [4.78, 5) is 36.9. The molecule has 3 rings (SSSR count). The summed E-state index contributed by atoms with van der Waals surface area (Å²) in [5.74, 6) is -2.21. The van der Waals surface area contributed by atoms with Gasteiger partial charge in [-0.05, 0) is 48.4 Å². The molecular formula is C26H25Cl3N2O4. The van der Waals surface area contributed by atoms with Gasteiger partial charge in [-0.25, -0.2) is 4.79 Å². The summed E-state index contributed by atoms with van der Waals surface area (Å²) >= 11 is 18.2. The maximum atomic E-state index is 12.6. The monoisotopic (exact) mass is 534 g/mol. The molecule has 2 amide bonds. The molecule has 0 spiro atoms. The van der Waals surface area contributed by atoms with Crippen LogP contribution >= 0.6 is 34.8 Å². The molecule has 0 bridgehead atoms. The minimum Gasteiger partial charge on any atom is -0.480 e. The lowest BCUT2D eigenvalue weighted by Gasteiger charge is -2.16. The summed E-state index contributed by atoms with van der Waals surface area (Å²) in [6.45, 7) is 5.72. The highest BCUT2D eigenvalue weighted by Gasteiger charge is 2.23. The summed E-state index contributed by atoms with van der Waals surface area (Å²) in [5, 5.41) is 15.5. The number of rotatable bonds is 7. The van der Waals surface area contributed by atoms with Gasteiger partial charge in [0.15, 0.2) is 0 Å². The predicted molar refractivity (Wildman–Crippen MR) is 141 cm³/mol. The number of anilines is 1. The zero-order valence-corrected chi connectivity index (χ0v) is 21.6. The van der Waals surface area contributed by atoms with Gasteiger partial charge in [-0.15, -0.1) is 0 Å². The molecule has 0 aromatic heterocycles. The Labute approximate surface area is 219 Å². The number of carboxylic acids is 1. The van der Waals surface area contributed by atoms with Crippen molar-refractivity contribution in [2.75, 3.05) is 5.32 Å². The van der Waals surface area contributed by atoms with Crippen LogP contribution < -0.4 is 10.6 Å². The van der Waals surface area contributed by atoms with Crippen LogP contribution in [0.3, 0.4) is 0 Å². The number of aliphatic carboxylic acids is 1. The summed E-state index contributed by atoms with van der Waals surface area (Å²) in [5.41, 5.74) is 2.16. The summed E-state index contributed by atoms with van der Waals surface area (Å²) in [6, 6.07) is 15.2. The number of nitrogens with one attached hydrogen (secondary N) is 2. The average Bonchev–Trinajstić information content (AvgIpc) is 2.81. The van der Waals surface area contributed by atoms with E-state index in [1.165, 1.54) is 0 Å². The molecule has 0 radical (unpaired) electrons. The van der Waals surface area contributed by atoms with E-state index in [-0.39, 0.29) is 32.6 Å². The third-order valence-corrected chi connectivity index (χ3v) is 5.84. The molecule has 3 N–H and O–H groups in total. The molecule has 0 aliphatic rings. The van der Waals surface area contributed by atoms with Crippen LogP contribution in [0.15, 0.2) is 60.7 Å². The van der Waals surface area contributed by atoms with Crippen molar-refractivity contribution >= 4 is 58.3 Å². The van der Waals surface area contributed by atoms with Gasteiger partial charge in [0.25, 0.3) is 11.8 Å². The Bertz CT molecular complexity index is 1170. The minimum absolute atomic E-state index is 0.0368. The van der Waals surface area contributed by atoms with E-state index < -0.39 is 23.8 Å².